The third kappa shape index (κ3) is 4.66. The van der Waals surface area contributed by atoms with E-state index in [9.17, 15) is 13.6 Å². The van der Waals surface area contributed by atoms with Gasteiger partial charge in [-0.2, -0.15) is 0 Å². The molecule has 0 spiro atoms. The van der Waals surface area contributed by atoms with Gasteiger partial charge in [0.15, 0.2) is 0 Å². The molecule has 1 aliphatic heterocycles. The second-order valence-corrected chi connectivity index (χ2v) is 7.64. The number of ether oxygens (including phenoxy) is 1. The summed E-state index contributed by atoms with van der Waals surface area (Å²) >= 11 is 5.97. The van der Waals surface area contributed by atoms with E-state index in [0.717, 1.165) is 11.6 Å². The predicted octanol–water partition coefficient (Wildman–Crippen LogP) is 5.50. The van der Waals surface area contributed by atoms with Gasteiger partial charge in [-0.3, -0.25) is 4.79 Å². The monoisotopic (exact) mass is 393 g/mol. The number of benzene rings is 2. The average molecular weight is 394 g/mol. The molecule has 1 heterocycles. The molecule has 6 heteroatoms. The summed E-state index contributed by atoms with van der Waals surface area (Å²) in [4.78, 5) is 12.0. The molecule has 2 aromatic rings. The lowest BCUT2D eigenvalue weighted by Gasteiger charge is -2.43. The summed E-state index contributed by atoms with van der Waals surface area (Å²) in [5.41, 5.74) is 0.594. The number of nitrogens with one attached hydrogen (secondary N) is 1. The van der Waals surface area contributed by atoms with Crippen LogP contribution in [-0.4, -0.2) is 11.4 Å². The van der Waals surface area contributed by atoms with E-state index in [0.29, 0.717) is 24.3 Å². The summed E-state index contributed by atoms with van der Waals surface area (Å²) in [5, 5.41) is 3.65. The highest BCUT2D eigenvalue weighted by atomic mass is 35.5. The normalized spacial score (nSPS) is 25.2. The van der Waals surface area contributed by atoms with Crippen molar-refractivity contribution >= 4 is 17.5 Å². The van der Waals surface area contributed by atoms with Gasteiger partial charge in [-0.05, 0) is 30.7 Å². The van der Waals surface area contributed by atoms with E-state index in [1.165, 1.54) is 12.1 Å². The number of hydrogen-bond donors (Lipinski definition) is 1. The molecule has 3 nitrogen and oxygen atoms in total. The van der Waals surface area contributed by atoms with Gasteiger partial charge < -0.3 is 10.1 Å². The molecule has 27 heavy (non-hydrogen) atoms. The van der Waals surface area contributed by atoms with Crippen LogP contribution in [0, 0.1) is 11.6 Å². The van der Waals surface area contributed by atoms with Gasteiger partial charge in [-0.1, -0.05) is 36.7 Å². The van der Waals surface area contributed by atoms with Crippen LogP contribution in [0.1, 0.15) is 56.4 Å². The number of carbonyl (C=O) groups excluding carboxylic acids is 1. The van der Waals surface area contributed by atoms with Crippen molar-refractivity contribution in [3.8, 4) is 0 Å². The Bertz CT molecular complexity index is 827. The average Bonchev–Trinajstić information content (AvgIpc) is 2.61. The highest BCUT2D eigenvalue weighted by molar-refractivity contribution is 6.30. The molecule has 1 saturated heterocycles. The van der Waals surface area contributed by atoms with Crippen LogP contribution in [0.5, 0.6) is 0 Å². The van der Waals surface area contributed by atoms with E-state index in [1.54, 1.807) is 19.1 Å². The number of rotatable bonds is 4. The number of halogens is 3. The number of carbonyl (C=O) groups is 1. The summed E-state index contributed by atoms with van der Waals surface area (Å²) < 4.78 is 33.9. The van der Waals surface area contributed by atoms with Crippen molar-refractivity contribution in [2.45, 2.75) is 50.9 Å². The molecule has 0 unspecified atom stereocenters. The fraction of sp³-hybridized carbons (Fsp3) is 0.381. The highest BCUT2D eigenvalue weighted by Crippen LogP contribution is 2.44. The van der Waals surface area contributed by atoms with Gasteiger partial charge in [0.25, 0.3) is 0 Å². The fourth-order valence-electron chi connectivity index (χ4n) is 3.54. The maximum Gasteiger partial charge on any atom is 0.220 e. The zero-order valence-corrected chi connectivity index (χ0v) is 16.0. The minimum absolute atomic E-state index is 0.0763. The molecule has 0 radical (unpaired) electrons. The van der Waals surface area contributed by atoms with Crippen molar-refractivity contribution in [1.29, 1.82) is 0 Å². The third-order valence-corrected chi connectivity index (χ3v) is 5.17. The smallest absolute Gasteiger partial charge is 0.220 e. The summed E-state index contributed by atoms with van der Waals surface area (Å²) in [7, 11) is 0. The van der Waals surface area contributed by atoms with Gasteiger partial charge in [0, 0.05) is 41.5 Å². The van der Waals surface area contributed by atoms with Crippen LogP contribution < -0.4 is 5.32 Å². The Kier molecular flexibility index (Phi) is 5.82. The second-order valence-electron chi connectivity index (χ2n) is 7.20. The molecule has 0 bridgehead atoms. The lowest BCUT2D eigenvalue weighted by atomic mass is 9.81. The van der Waals surface area contributed by atoms with Gasteiger partial charge in [0.1, 0.15) is 11.6 Å². The van der Waals surface area contributed by atoms with Crippen molar-refractivity contribution in [2.75, 3.05) is 0 Å². The van der Waals surface area contributed by atoms with Crippen LogP contribution in [0.4, 0.5) is 8.78 Å². The van der Waals surface area contributed by atoms with Crippen LogP contribution in [0.25, 0.3) is 0 Å². The number of amides is 1. The van der Waals surface area contributed by atoms with Gasteiger partial charge in [-0.25, -0.2) is 8.78 Å². The van der Waals surface area contributed by atoms with E-state index in [-0.39, 0.29) is 17.6 Å². The molecular formula is C21H22ClF2NO2. The molecule has 1 aliphatic rings. The van der Waals surface area contributed by atoms with Gasteiger partial charge >= 0.3 is 0 Å². The molecule has 144 valence electrons. The molecule has 3 rings (SSSR count). The molecular weight excluding hydrogens is 372 g/mol. The summed E-state index contributed by atoms with van der Waals surface area (Å²) in [5.74, 6) is -1.36. The first-order valence-corrected chi connectivity index (χ1v) is 9.34. The van der Waals surface area contributed by atoms with Crippen molar-refractivity contribution < 1.29 is 18.3 Å². The SMILES string of the molecule is CCC(=O)N[C@@]1(C)C[C@@H](c2ccc(Cl)cc2)O[C@@H](c2ccc(F)cc2F)C1. The van der Waals surface area contributed by atoms with Crippen molar-refractivity contribution in [3.63, 3.8) is 0 Å². The largest absolute Gasteiger partial charge is 0.365 e. The predicted molar refractivity (Wildman–Crippen MR) is 100 cm³/mol. The van der Waals surface area contributed by atoms with Crippen LogP contribution >= 0.6 is 11.6 Å². The van der Waals surface area contributed by atoms with Crippen LogP contribution in [0.3, 0.4) is 0 Å². The van der Waals surface area contributed by atoms with Crippen LogP contribution in [0.2, 0.25) is 5.02 Å². The van der Waals surface area contributed by atoms with Gasteiger partial charge in [-0.15, -0.1) is 0 Å². The Morgan fingerprint density at radius 1 is 1.19 bits per heavy atom. The maximum absolute atomic E-state index is 14.4. The number of hydrogen-bond acceptors (Lipinski definition) is 2. The third-order valence-electron chi connectivity index (χ3n) is 4.91. The molecule has 0 aliphatic carbocycles. The Labute approximate surface area is 162 Å². The van der Waals surface area contributed by atoms with E-state index >= 15 is 0 Å². The summed E-state index contributed by atoms with van der Waals surface area (Å²) in [6.07, 6.45) is 0.331. The first-order valence-electron chi connectivity index (χ1n) is 8.96. The van der Waals surface area contributed by atoms with Crippen LogP contribution in [-0.2, 0) is 9.53 Å². The van der Waals surface area contributed by atoms with E-state index in [1.807, 2.05) is 19.1 Å². The summed E-state index contributed by atoms with van der Waals surface area (Å²) in [6, 6.07) is 10.7. The Hall–Kier alpha value is -1.98. The van der Waals surface area contributed by atoms with Crippen molar-refractivity contribution in [3.05, 3.63) is 70.2 Å². The second kappa shape index (κ2) is 7.95. The zero-order valence-electron chi connectivity index (χ0n) is 15.3. The molecule has 1 fully saturated rings. The van der Waals surface area contributed by atoms with Crippen molar-refractivity contribution in [1.82, 2.24) is 5.32 Å². The van der Waals surface area contributed by atoms with E-state index < -0.39 is 23.3 Å². The molecule has 0 saturated carbocycles. The first-order chi connectivity index (χ1) is 12.8. The highest BCUT2D eigenvalue weighted by Gasteiger charge is 2.40. The lowest BCUT2D eigenvalue weighted by molar-refractivity contribution is -0.128. The quantitative estimate of drug-likeness (QED) is 0.745. The van der Waals surface area contributed by atoms with Gasteiger partial charge in [0.05, 0.1) is 12.2 Å². The maximum atomic E-state index is 14.4. The molecule has 1 N–H and O–H groups in total. The topological polar surface area (TPSA) is 38.3 Å². The Morgan fingerprint density at radius 3 is 2.48 bits per heavy atom. The zero-order chi connectivity index (χ0) is 19.6. The first kappa shape index (κ1) is 19.8. The molecule has 0 aromatic heterocycles. The Morgan fingerprint density at radius 2 is 1.85 bits per heavy atom. The molecule has 3 atom stereocenters. The van der Waals surface area contributed by atoms with Crippen LogP contribution in [0.15, 0.2) is 42.5 Å². The fourth-order valence-corrected chi connectivity index (χ4v) is 3.67. The van der Waals surface area contributed by atoms with Gasteiger partial charge in [0.2, 0.25) is 5.91 Å². The summed E-state index contributed by atoms with van der Waals surface area (Å²) in [6.45, 7) is 3.71. The minimum atomic E-state index is -0.652. The standard InChI is InChI=1S/C21H22ClF2NO2/c1-3-20(26)25-21(2)11-18(13-4-6-14(22)7-5-13)27-19(12-21)16-9-8-15(23)10-17(16)24/h4-10,18-19H,3,11-12H2,1-2H3,(H,25,26)/t18-,19+,21-/m0/s1. The minimum Gasteiger partial charge on any atom is -0.365 e. The molecule has 2 aromatic carbocycles. The Balaban J connectivity index is 1.95. The molecule has 1 amide bonds. The van der Waals surface area contributed by atoms with E-state index in [4.69, 9.17) is 16.3 Å². The van der Waals surface area contributed by atoms with Crippen molar-refractivity contribution in [2.24, 2.45) is 0 Å². The van der Waals surface area contributed by atoms with E-state index in [2.05, 4.69) is 5.32 Å². The lowest BCUT2D eigenvalue weighted by Crippen LogP contribution is -2.50.